The van der Waals surface area contributed by atoms with Crippen LogP contribution in [0.4, 0.5) is 13.2 Å². The van der Waals surface area contributed by atoms with Gasteiger partial charge in [-0.2, -0.15) is 13.2 Å². The zero-order valence-corrected chi connectivity index (χ0v) is 16.4. The van der Waals surface area contributed by atoms with Gasteiger partial charge in [0.15, 0.2) is 5.82 Å². The first kappa shape index (κ1) is 20.2. The van der Waals surface area contributed by atoms with Crippen LogP contribution in [-0.4, -0.2) is 15.1 Å². The van der Waals surface area contributed by atoms with Gasteiger partial charge in [0.2, 0.25) is 0 Å². The number of H-pyrrole nitrogens is 1. The van der Waals surface area contributed by atoms with Gasteiger partial charge in [-0.05, 0) is 30.3 Å². The molecule has 0 saturated heterocycles. The van der Waals surface area contributed by atoms with Crippen LogP contribution in [-0.2, 0) is 12.8 Å². The number of benzene rings is 2. The molecule has 0 atom stereocenters. The Labute approximate surface area is 175 Å². The molecule has 0 spiro atoms. The minimum atomic E-state index is -4.37. The summed E-state index contributed by atoms with van der Waals surface area (Å²) in [6, 6.07) is 9.69. The van der Waals surface area contributed by atoms with Crippen LogP contribution in [0, 0.1) is 0 Å². The number of nitrogens with one attached hydrogen (secondary N) is 1. The quantitative estimate of drug-likeness (QED) is 0.437. The molecule has 30 heavy (non-hydrogen) atoms. The monoisotopic (exact) mass is 453 g/mol. The molecule has 0 saturated carbocycles. The minimum Gasteiger partial charge on any atom is -0.488 e. The zero-order chi connectivity index (χ0) is 21.3. The van der Waals surface area contributed by atoms with Gasteiger partial charge in [0.1, 0.15) is 17.4 Å². The van der Waals surface area contributed by atoms with Crippen molar-refractivity contribution in [2.24, 2.45) is 0 Å². The molecule has 2 heterocycles. The molecule has 0 fully saturated rings. The molecule has 4 rings (SSSR count). The van der Waals surface area contributed by atoms with Crippen molar-refractivity contribution in [3.8, 4) is 27.7 Å². The predicted molar refractivity (Wildman–Crippen MR) is 104 cm³/mol. The third-order valence-electron chi connectivity index (χ3n) is 4.03. The van der Waals surface area contributed by atoms with Crippen LogP contribution >= 0.6 is 22.9 Å². The molecule has 2 aromatic carbocycles. The van der Waals surface area contributed by atoms with Crippen molar-refractivity contribution in [1.29, 1.82) is 0 Å². The Bertz CT molecular complexity index is 1230. The number of thiazole rings is 1. The number of alkyl halides is 3. The molecule has 154 valence electrons. The van der Waals surface area contributed by atoms with Gasteiger partial charge in [0.25, 0.3) is 0 Å². The maximum absolute atomic E-state index is 12.7. The van der Waals surface area contributed by atoms with E-state index < -0.39 is 17.5 Å². The van der Waals surface area contributed by atoms with E-state index in [9.17, 15) is 18.0 Å². The Hall–Kier alpha value is -3.11. The van der Waals surface area contributed by atoms with Gasteiger partial charge in [0.05, 0.1) is 15.5 Å². The number of hydrogen-bond donors (Lipinski definition) is 1. The van der Waals surface area contributed by atoms with Crippen LogP contribution in [0.2, 0.25) is 5.02 Å². The fourth-order valence-corrected chi connectivity index (χ4v) is 3.68. The molecule has 0 aliphatic carbocycles. The van der Waals surface area contributed by atoms with E-state index in [-0.39, 0.29) is 12.4 Å². The fourth-order valence-electron chi connectivity index (χ4n) is 2.59. The summed E-state index contributed by atoms with van der Waals surface area (Å²) in [6.07, 6.45) is -2.77. The van der Waals surface area contributed by atoms with E-state index in [4.69, 9.17) is 16.3 Å². The Balaban J connectivity index is 1.43. The molecule has 0 aliphatic heterocycles. The van der Waals surface area contributed by atoms with Crippen LogP contribution in [0.1, 0.15) is 10.4 Å². The van der Waals surface area contributed by atoms with Crippen molar-refractivity contribution in [2.75, 3.05) is 0 Å². The molecule has 0 aliphatic rings. The standard InChI is InChI=1S/C19H11ClF3N3O3S/c20-15-7-12(5-6-14(15)16-25-18(27)29-26-16)28-9-13-8-24-17(30-13)10-1-3-11(4-2-10)19(21,22)23/h1-8H,9H2,(H,25,26,27). The Kier molecular flexibility index (Phi) is 5.35. The van der Waals surface area contributed by atoms with Crippen molar-refractivity contribution >= 4 is 22.9 Å². The topological polar surface area (TPSA) is 81.0 Å². The smallest absolute Gasteiger partial charge is 0.439 e. The molecule has 2 aromatic heterocycles. The predicted octanol–water partition coefficient (Wildman–Crippen LogP) is 5.40. The number of halogens is 4. The summed E-state index contributed by atoms with van der Waals surface area (Å²) in [5, 5.41) is 4.48. The average molecular weight is 454 g/mol. The molecule has 0 bridgehead atoms. The van der Waals surface area contributed by atoms with E-state index in [1.165, 1.54) is 23.5 Å². The fraction of sp³-hybridized carbons (Fsp3) is 0.105. The number of ether oxygens (including phenoxy) is 1. The van der Waals surface area contributed by atoms with Crippen LogP contribution in [0.25, 0.3) is 22.0 Å². The van der Waals surface area contributed by atoms with Crippen LogP contribution in [0.15, 0.2) is 58.0 Å². The van der Waals surface area contributed by atoms with Gasteiger partial charge in [-0.15, -0.1) is 11.3 Å². The lowest BCUT2D eigenvalue weighted by Crippen LogP contribution is -2.03. The highest BCUT2D eigenvalue weighted by Gasteiger charge is 2.30. The van der Waals surface area contributed by atoms with Crippen molar-refractivity contribution in [3.63, 3.8) is 0 Å². The number of aromatic nitrogens is 3. The van der Waals surface area contributed by atoms with E-state index in [2.05, 4.69) is 19.6 Å². The zero-order valence-electron chi connectivity index (χ0n) is 14.9. The van der Waals surface area contributed by atoms with E-state index >= 15 is 0 Å². The van der Waals surface area contributed by atoms with Crippen molar-refractivity contribution in [1.82, 2.24) is 15.1 Å². The molecule has 0 radical (unpaired) electrons. The first-order chi connectivity index (χ1) is 14.3. The Morgan fingerprint density at radius 3 is 2.57 bits per heavy atom. The minimum absolute atomic E-state index is 0.203. The number of nitrogens with zero attached hydrogens (tertiary/aromatic N) is 2. The summed E-state index contributed by atoms with van der Waals surface area (Å²) < 4.78 is 48.2. The highest BCUT2D eigenvalue weighted by atomic mass is 35.5. The lowest BCUT2D eigenvalue weighted by Gasteiger charge is -2.07. The SMILES string of the molecule is O=c1[nH]c(-c2ccc(OCc3cnc(-c4ccc(C(F)(F)F)cc4)s3)cc2Cl)no1. The van der Waals surface area contributed by atoms with Gasteiger partial charge in [-0.25, -0.2) is 9.78 Å². The van der Waals surface area contributed by atoms with Gasteiger partial charge in [0, 0.05) is 17.3 Å². The lowest BCUT2D eigenvalue weighted by molar-refractivity contribution is -0.137. The molecule has 1 N–H and O–H groups in total. The van der Waals surface area contributed by atoms with Gasteiger partial charge >= 0.3 is 11.9 Å². The first-order valence-electron chi connectivity index (χ1n) is 8.40. The molecule has 4 aromatic rings. The highest BCUT2D eigenvalue weighted by Crippen LogP contribution is 2.33. The average Bonchev–Trinajstić information content (AvgIpc) is 3.35. The van der Waals surface area contributed by atoms with Crippen molar-refractivity contribution in [2.45, 2.75) is 12.8 Å². The second-order valence-corrected chi connectivity index (χ2v) is 7.60. The van der Waals surface area contributed by atoms with E-state index in [0.29, 0.717) is 26.9 Å². The Morgan fingerprint density at radius 2 is 1.93 bits per heavy atom. The second kappa shape index (κ2) is 7.96. The van der Waals surface area contributed by atoms with Gasteiger partial charge in [-0.3, -0.25) is 9.51 Å². The summed E-state index contributed by atoms with van der Waals surface area (Å²) in [5.41, 5.74) is 0.367. The van der Waals surface area contributed by atoms with E-state index in [1.54, 1.807) is 24.4 Å². The normalized spacial score (nSPS) is 11.6. The summed E-state index contributed by atoms with van der Waals surface area (Å²) in [4.78, 5) is 18.5. The number of hydrogen-bond acceptors (Lipinski definition) is 6. The van der Waals surface area contributed by atoms with Gasteiger partial charge in [-0.1, -0.05) is 28.9 Å². The molecular weight excluding hydrogens is 443 g/mol. The van der Waals surface area contributed by atoms with Gasteiger partial charge < -0.3 is 4.74 Å². The van der Waals surface area contributed by atoms with E-state index in [1.807, 2.05) is 0 Å². The van der Waals surface area contributed by atoms with Crippen LogP contribution in [0.3, 0.4) is 0 Å². The maximum Gasteiger partial charge on any atom is 0.439 e. The summed E-state index contributed by atoms with van der Waals surface area (Å²) in [6.45, 7) is 0.203. The van der Waals surface area contributed by atoms with Crippen molar-refractivity contribution in [3.05, 3.63) is 74.7 Å². The van der Waals surface area contributed by atoms with E-state index in [0.717, 1.165) is 17.0 Å². The Morgan fingerprint density at radius 1 is 1.17 bits per heavy atom. The largest absolute Gasteiger partial charge is 0.488 e. The lowest BCUT2D eigenvalue weighted by atomic mass is 10.1. The summed E-state index contributed by atoms with van der Waals surface area (Å²) in [5.74, 6) is 0.00898. The van der Waals surface area contributed by atoms with Crippen LogP contribution < -0.4 is 10.5 Å². The third kappa shape index (κ3) is 4.39. The molecule has 0 unspecified atom stereocenters. The van der Waals surface area contributed by atoms with Crippen molar-refractivity contribution < 1.29 is 22.4 Å². The maximum atomic E-state index is 12.7. The molecule has 0 amide bonds. The number of rotatable bonds is 5. The molecule has 6 nitrogen and oxygen atoms in total. The molecular formula is C19H11ClF3N3O3S. The second-order valence-electron chi connectivity index (χ2n) is 6.08. The number of aromatic amines is 1. The summed E-state index contributed by atoms with van der Waals surface area (Å²) >= 11 is 7.52. The summed E-state index contributed by atoms with van der Waals surface area (Å²) in [7, 11) is 0. The molecule has 11 heteroatoms. The van der Waals surface area contributed by atoms with Crippen LogP contribution in [0.5, 0.6) is 5.75 Å². The first-order valence-corrected chi connectivity index (χ1v) is 9.60. The highest BCUT2D eigenvalue weighted by molar-refractivity contribution is 7.15. The third-order valence-corrected chi connectivity index (χ3v) is 5.36.